The van der Waals surface area contributed by atoms with Crippen molar-refractivity contribution < 1.29 is 9.63 Å². The predicted octanol–water partition coefficient (Wildman–Crippen LogP) is 3.53. The van der Waals surface area contributed by atoms with Gasteiger partial charge in [0.1, 0.15) is 5.76 Å². The topological polar surface area (TPSA) is 58.3 Å². The van der Waals surface area contributed by atoms with Gasteiger partial charge in [0.05, 0.1) is 6.10 Å². The SMILES string of the molecule is O[C@@H](CCNCc1c(Br)noc1C1CC1)c1ccccc1. The molecule has 1 fully saturated rings. The van der Waals surface area contributed by atoms with Crippen molar-refractivity contribution in [2.45, 2.75) is 37.8 Å². The average Bonchev–Trinajstić information content (AvgIpc) is 3.29. The Morgan fingerprint density at radius 2 is 2.10 bits per heavy atom. The van der Waals surface area contributed by atoms with Crippen LogP contribution < -0.4 is 5.32 Å². The fourth-order valence-corrected chi connectivity index (χ4v) is 2.83. The van der Waals surface area contributed by atoms with E-state index >= 15 is 0 Å². The summed E-state index contributed by atoms with van der Waals surface area (Å²) in [6.07, 6.45) is 2.65. The number of hydrogen-bond acceptors (Lipinski definition) is 4. The van der Waals surface area contributed by atoms with Crippen molar-refractivity contribution in [1.82, 2.24) is 10.5 Å². The number of halogens is 1. The second-order valence-electron chi connectivity index (χ2n) is 5.48. The average molecular weight is 351 g/mol. The largest absolute Gasteiger partial charge is 0.388 e. The summed E-state index contributed by atoms with van der Waals surface area (Å²) >= 11 is 3.44. The van der Waals surface area contributed by atoms with Crippen LogP contribution in [0.15, 0.2) is 39.5 Å². The van der Waals surface area contributed by atoms with E-state index in [0.29, 0.717) is 12.3 Å². The quantitative estimate of drug-likeness (QED) is 0.750. The lowest BCUT2D eigenvalue weighted by Crippen LogP contribution is -2.17. The zero-order valence-corrected chi connectivity index (χ0v) is 13.3. The highest BCUT2D eigenvalue weighted by Gasteiger charge is 2.31. The number of nitrogens with zero attached hydrogens (tertiary/aromatic N) is 1. The van der Waals surface area contributed by atoms with Crippen molar-refractivity contribution in [3.05, 3.63) is 51.8 Å². The van der Waals surface area contributed by atoms with Gasteiger partial charge in [0.15, 0.2) is 4.60 Å². The van der Waals surface area contributed by atoms with Gasteiger partial charge >= 0.3 is 0 Å². The van der Waals surface area contributed by atoms with Crippen molar-refractivity contribution >= 4 is 15.9 Å². The van der Waals surface area contributed by atoms with E-state index in [1.54, 1.807) is 0 Å². The second-order valence-corrected chi connectivity index (χ2v) is 6.23. The molecule has 1 heterocycles. The van der Waals surface area contributed by atoms with Gasteiger partial charge in [0.2, 0.25) is 0 Å². The molecule has 4 nitrogen and oxygen atoms in total. The molecule has 0 amide bonds. The molecule has 112 valence electrons. The Morgan fingerprint density at radius 1 is 1.33 bits per heavy atom. The lowest BCUT2D eigenvalue weighted by molar-refractivity contribution is 0.166. The van der Waals surface area contributed by atoms with Crippen molar-refractivity contribution in [2.75, 3.05) is 6.54 Å². The van der Waals surface area contributed by atoms with Gasteiger partial charge in [-0.25, -0.2) is 0 Å². The van der Waals surface area contributed by atoms with E-state index in [-0.39, 0.29) is 0 Å². The van der Waals surface area contributed by atoms with Crippen LogP contribution in [0.3, 0.4) is 0 Å². The van der Waals surface area contributed by atoms with Crippen LogP contribution in [0.1, 0.15) is 48.2 Å². The van der Waals surface area contributed by atoms with Crippen LogP contribution in [0.2, 0.25) is 0 Å². The summed E-state index contributed by atoms with van der Waals surface area (Å²) < 4.78 is 6.17. The summed E-state index contributed by atoms with van der Waals surface area (Å²) in [4.78, 5) is 0. The van der Waals surface area contributed by atoms with Crippen LogP contribution >= 0.6 is 15.9 Å². The molecule has 1 aliphatic carbocycles. The van der Waals surface area contributed by atoms with Crippen molar-refractivity contribution in [1.29, 1.82) is 0 Å². The minimum Gasteiger partial charge on any atom is -0.388 e. The molecule has 1 aliphatic rings. The highest BCUT2D eigenvalue weighted by molar-refractivity contribution is 9.10. The molecule has 1 atom stereocenters. The molecule has 1 saturated carbocycles. The zero-order valence-electron chi connectivity index (χ0n) is 11.8. The van der Waals surface area contributed by atoms with Crippen LogP contribution in [0.5, 0.6) is 0 Å². The number of aliphatic hydroxyl groups excluding tert-OH is 1. The molecule has 5 heteroatoms. The van der Waals surface area contributed by atoms with Gasteiger partial charge in [-0.15, -0.1) is 0 Å². The van der Waals surface area contributed by atoms with Crippen LogP contribution in [-0.2, 0) is 6.54 Å². The Hall–Kier alpha value is -1.17. The molecule has 0 bridgehead atoms. The van der Waals surface area contributed by atoms with Crippen LogP contribution in [-0.4, -0.2) is 16.8 Å². The first-order chi connectivity index (χ1) is 10.3. The van der Waals surface area contributed by atoms with Crippen molar-refractivity contribution in [2.24, 2.45) is 0 Å². The van der Waals surface area contributed by atoms with Gasteiger partial charge < -0.3 is 14.9 Å². The first kappa shape index (κ1) is 14.8. The Balaban J connectivity index is 1.47. The van der Waals surface area contributed by atoms with Gasteiger partial charge in [0, 0.05) is 18.0 Å². The molecule has 0 saturated heterocycles. The van der Waals surface area contributed by atoms with Crippen LogP contribution in [0.25, 0.3) is 0 Å². The van der Waals surface area contributed by atoms with E-state index in [9.17, 15) is 5.11 Å². The maximum absolute atomic E-state index is 10.1. The molecular weight excluding hydrogens is 332 g/mol. The molecule has 2 N–H and O–H groups in total. The molecule has 0 aliphatic heterocycles. The van der Waals surface area contributed by atoms with Crippen LogP contribution in [0, 0.1) is 0 Å². The third-order valence-corrected chi connectivity index (χ3v) is 4.42. The normalized spacial score (nSPS) is 16.1. The van der Waals surface area contributed by atoms with Gasteiger partial charge in [-0.05, 0) is 47.3 Å². The predicted molar refractivity (Wildman–Crippen MR) is 83.9 cm³/mol. The van der Waals surface area contributed by atoms with E-state index < -0.39 is 6.10 Å². The van der Waals surface area contributed by atoms with Crippen LogP contribution in [0.4, 0.5) is 0 Å². The summed E-state index contributed by atoms with van der Waals surface area (Å²) in [5.74, 6) is 1.56. The highest BCUT2D eigenvalue weighted by atomic mass is 79.9. The van der Waals surface area contributed by atoms with Gasteiger partial charge in [-0.1, -0.05) is 35.5 Å². The molecule has 0 spiro atoms. The number of nitrogens with one attached hydrogen (secondary N) is 1. The lowest BCUT2D eigenvalue weighted by atomic mass is 10.1. The number of aliphatic hydroxyl groups is 1. The molecule has 0 radical (unpaired) electrons. The summed E-state index contributed by atoms with van der Waals surface area (Å²) in [5, 5.41) is 17.5. The Bertz CT molecular complexity index is 581. The maximum Gasteiger partial charge on any atom is 0.153 e. The second kappa shape index (κ2) is 6.73. The highest BCUT2D eigenvalue weighted by Crippen LogP contribution is 2.43. The molecule has 1 aromatic carbocycles. The molecule has 3 rings (SSSR count). The third-order valence-electron chi connectivity index (χ3n) is 3.80. The summed E-state index contributed by atoms with van der Waals surface area (Å²) in [7, 11) is 0. The molecule has 1 aromatic heterocycles. The fourth-order valence-electron chi connectivity index (χ4n) is 2.42. The monoisotopic (exact) mass is 350 g/mol. The first-order valence-electron chi connectivity index (χ1n) is 7.33. The first-order valence-corrected chi connectivity index (χ1v) is 8.12. The van der Waals surface area contributed by atoms with E-state index in [4.69, 9.17) is 4.52 Å². The summed E-state index contributed by atoms with van der Waals surface area (Å²) in [5.41, 5.74) is 2.08. The van der Waals surface area contributed by atoms with E-state index in [0.717, 1.165) is 34.6 Å². The van der Waals surface area contributed by atoms with E-state index in [2.05, 4.69) is 26.4 Å². The Morgan fingerprint density at radius 3 is 2.81 bits per heavy atom. The van der Waals surface area contributed by atoms with Gasteiger partial charge in [-0.3, -0.25) is 0 Å². The smallest absolute Gasteiger partial charge is 0.153 e. The molecule has 2 aromatic rings. The molecule has 0 unspecified atom stereocenters. The van der Waals surface area contributed by atoms with E-state index in [1.807, 2.05) is 30.3 Å². The van der Waals surface area contributed by atoms with Gasteiger partial charge in [0.25, 0.3) is 0 Å². The summed E-state index contributed by atoms with van der Waals surface area (Å²) in [6.45, 7) is 1.47. The lowest BCUT2D eigenvalue weighted by Gasteiger charge is -2.11. The number of hydrogen-bond donors (Lipinski definition) is 2. The third kappa shape index (κ3) is 3.73. The summed E-state index contributed by atoms with van der Waals surface area (Å²) in [6, 6.07) is 9.75. The minimum absolute atomic E-state index is 0.424. The van der Waals surface area contributed by atoms with Crippen molar-refractivity contribution in [3.63, 3.8) is 0 Å². The maximum atomic E-state index is 10.1. The zero-order chi connectivity index (χ0) is 14.7. The number of benzene rings is 1. The number of rotatable bonds is 7. The van der Waals surface area contributed by atoms with Gasteiger partial charge in [-0.2, -0.15) is 0 Å². The van der Waals surface area contributed by atoms with Crippen molar-refractivity contribution in [3.8, 4) is 0 Å². The fraction of sp³-hybridized carbons (Fsp3) is 0.438. The number of aromatic nitrogens is 1. The minimum atomic E-state index is -0.424. The Kier molecular flexibility index (Phi) is 4.73. The van der Waals surface area contributed by atoms with E-state index in [1.165, 1.54) is 12.8 Å². The standard InChI is InChI=1S/C16H19BrN2O2/c17-16-13(15(21-19-16)12-6-7-12)10-18-9-8-14(20)11-4-2-1-3-5-11/h1-5,12,14,18,20H,6-10H2/t14-/m0/s1. The molecule has 21 heavy (non-hydrogen) atoms. The Labute approximate surface area is 132 Å². The molecular formula is C16H19BrN2O2.